The summed E-state index contributed by atoms with van der Waals surface area (Å²) in [5, 5.41) is 8.03. The summed E-state index contributed by atoms with van der Waals surface area (Å²) in [6.45, 7) is 1.65. The molecule has 0 bridgehead atoms. The average molecular weight is 88.1 g/mol. The molecule has 0 heterocycles. The summed E-state index contributed by atoms with van der Waals surface area (Å²) in [5.74, 6) is 4.80. The highest BCUT2D eigenvalue weighted by atomic mass is 16.2. The third kappa shape index (κ3) is 1.60. The van der Waals surface area contributed by atoms with Crippen LogP contribution in [0.3, 0.4) is 0 Å². The second-order valence-corrected chi connectivity index (χ2v) is 0.956. The summed E-state index contributed by atoms with van der Waals surface area (Å²) >= 11 is 0. The van der Waals surface area contributed by atoms with Crippen LogP contribution in [0.5, 0.6) is 0 Å². The highest BCUT2D eigenvalue weighted by Gasteiger charge is 1.72. The molecule has 36 valence electrons. The molecule has 4 N–H and O–H groups in total. The van der Waals surface area contributed by atoms with E-state index in [1.807, 2.05) is 0 Å². The molecule has 3 nitrogen and oxygen atoms in total. The fourth-order valence-corrected chi connectivity index (χ4v) is 0.0373. The van der Waals surface area contributed by atoms with Gasteiger partial charge in [-0.1, -0.05) is 0 Å². The molecule has 0 aromatic rings. The number of hydrogen-bond donors (Lipinski definition) is 3. The zero-order valence-corrected chi connectivity index (χ0v) is 3.60. The number of aliphatic hydroxyl groups is 1. The maximum Gasteiger partial charge on any atom is 0.0991 e. The smallest absolute Gasteiger partial charge is 0.0991 e. The second-order valence-electron chi connectivity index (χ2n) is 0.956. The van der Waals surface area contributed by atoms with Gasteiger partial charge < -0.3 is 10.5 Å². The van der Waals surface area contributed by atoms with Gasteiger partial charge in [-0.25, -0.2) is 0 Å². The van der Waals surface area contributed by atoms with Crippen LogP contribution < -0.4 is 11.3 Å². The number of hydrazine groups is 1. The quantitative estimate of drug-likeness (QED) is 0.238. The molecule has 0 rings (SSSR count). The summed E-state index contributed by atoms with van der Waals surface area (Å²) in [6, 6.07) is 0. The summed E-state index contributed by atoms with van der Waals surface area (Å²) in [6.07, 6.45) is 0.903. The lowest BCUT2D eigenvalue weighted by Gasteiger charge is -1.90. The number of allylic oxidation sites excluding steroid dienone is 1. The number of hydrogen-bond acceptors (Lipinski definition) is 3. The predicted molar refractivity (Wildman–Crippen MR) is 23.7 cm³/mol. The Morgan fingerprint density at radius 2 is 2.50 bits per heavy atom. The van der Waals surface area contributed by atoms with E-state index in [1.165, 1.54) is 0 Å². The minimum absolute atomic E-state index is 0.551. The Kier molecular flexibility index (Phi) is 2.24. The van der Waals surface area contributed by atoms with E-state index in [0.29, 0.717) is 5.70 Å². The van der Waals surface area contributed by atoms with Gasteiger partial charge in [-0.3, -0.25) is 5.84 Å². The molecular formula is C3H8N2O. The molecular weight excluding hydrogens is 80.0 g/mol. The molecule has 0 aromatic carbocycles. The minimum atomic E-state index is 0.551. The van der Waals surface area contributed by atoms with Gasteiger partial charge in [0.25, 0.3) is 0 Å². The fourth-order valence-electron chi connectivity index (χ4n) is 0.0373. The van der Waals surface area contributed by atoms with Crippen LogP contribution >= 0.6 is 0 Å². The fraction of sp³-hybridized carbons (Fsp3) is 0.333. The highest BCUT2D eigenvalue weighted by Crippen LogP contribution is 1.73. The Morgan fingerprint density at radius 1 is 2.00 bits per heavy atom. The van der Waals surface area contributed by atoms with E-state index in [1.54, 1.807) is 6.92 Å². The first-order valence-electron chi connectivity index (χ1n) is 1.59. The molecule has 0 saturated heterocycles. The molecule has 0 aliphatic rings. The zero-order valence-electron chi connectivity index (χ0n) is 3.60. The summed E-state index contributed by atoms with van der Waals surface area (Å²) in [4.78, 5) is 0. The molecule has 0 aromatic heterocycles. The standard InChI is InChI=1S/C3H8N2O/c1-3(2-6)5-4/h2,5-6H,4H2,1H3/b3-2-. The monoisotopic (exact) mass is 88.1 g/mol. The SMILES string of the molecule is C/C(=C/O)NN. The maximum atomic E-state index is 8.03. The van der Waals surface area contributed by atoms with E-state index in [2.05, 4.69) is 5.43 Å². The van der Waals surface area contributed by atoms with Crippen LogP contribution in [0.1, 0.15) is 6.92 Å². The van der Waals surface area contributed by atoms with Gasteiger partial charge in [0, 0.05) is 0 Å². The van der Waals surface area contributed by atoms with Crippen LogP contribution in [0.2, 0.25) is 0 Å². The molecule has 0 aliphatic carbocycles. The lowest BCUT2D eigenvalue weighted by atomic mass is 10.6. The van der Waals surface area contributed by atoms with E-state index >= 15 is 0 Å². The first kappa shape index (κ1) is 5.30. The van der Waals surface area contributed by atoms with E-state index in [-0.39, 0.29) is 0 Å². The maximum absolute atomic E-state index is 8.03. The van der Waals surface area contributed by atoms with E-state index in [0.717, 1.165) is 6.26 Å². The Hall–Kier alpha value is -0.700. The van der Waals surface area contributed by atoms with Crippen LogP contribution in [-0.4, -0.2) is 5.11 Å². The molecule has 0 atom stereocenters. The van der Waals surface area contributed by atoms with E-state index in [9.17, 15) is 0 Å². The largest absolute Gasteiger partial charge is 0.514 e. The van der Waals surface area contributed by atoms with Gasteiger partial charge in [-0.15, -0.1) is 0 Å². The van der Waals surface area contributed by atoms with Gasteiger partial charge in [0.1, 0.15) is 0 Å². The van der Waals surface area contributed by atoms with Gasteiger partial charge in [-0.2, -0.15) is 0 Å². The van der Waals surface area contributed by atoms with Gasteiger partial charge in [0.05, 0.1) is 12.0 Å². The van der Waals surface area contributed by atoms with Crippen molar-refractivity contribution < 1.29 is 5.11 Å². The van der Waals surface area contributed by atoms with Gasteiger partial charge >= 0.3 is 0 Å². The minimum Gasteiger partial charge on any atom is -0.514 e. The first-order valence-corrected chi connectivity index (χ1v) is 1.59. The zero-order chi connectivity index (χ0) is 4.99. The van der Waals surface area contributed by atoms with Crippen molar-refractivity contribution in [2.75, 3.05) is 0 Å². The van der Waals surface area contributed by atoms with Gasteiger partial charge in [0.15, 0.2) is 0 Å². The number of nitrogens with two attached hydrogens (primary N) is 1. The van der Waals surface area contributed by atoms with Crippen molar-refractivity contribution >= 4 is 0 Å². The molecule has 0 amide bonds. The Balaban J connectivity index is 3.22. The normalized spacial score (nSPS) is 11.3. The van der Waals surface area contributed by atoms with Crippen LogP contribution in [0.15, 0.2) is 12.0 Å². The third-order valence-electron chi connectivity index (χ3n) is 0.421. The van der Waals surface area contributed by atoms with Crippen molar-refractivity contribution in [1.82, 2.24) is 5.43 Å². The molecule has 0 spiro atoms. The molecule has 0 fully saturated rings. The Morgan fingerprint density at radius 3 is 2.50 bits per heavy atom. The van der Waals surface area contributed by atoms with E-state index < -0.39 is 0 Å². The van der Waals surface area contributed by atoms with Crippen molar-refractivity contribution in [3.8, 4) is 0 Å². The Labute approximate surface area is 36.4 Å². The van der Waals surface area contributed by atoms with Crippen LogP contribution in [-0.2, 0) is 0 Å². The summed E-state index contributed by atoms with van der Waals surface area (Å²) in [5.41, 5.74) is 2.78. The van der Waals surface area contributed by atoms with Crippen molar-refractivity contribution in [3.05, 3.63) is 12.0 Å². The van der Waals surface area contributed by atoms with Crippen molar-refractivity contribution in [2.45, 2.75) is 6.92 Å². The first-order chi connectivity index (χ1) is 2.81. The Bertz CT molecular complexity index is 59.8. The summed E-state index contributed by atoms with van der Waals surface area (Å²) < 4.78 is 0. The predicted octanol–water partition coefficient (Wildman–Crippen LogP) is -0.131. The topological polar surface area (TPSA) is 58.3 Å². The lowest BCUT2D eigenvalue weighted by molar-refractivity contribution is 0.461. The molecule has 0 saturated carbocycles. The van der Waals surface area contributed by atoms with Gasteiger partial charge in [-0.05, 0) is 6.92 Å². The van der Waals surface area contributed by atoms with Crippen molar-refractivity contribution in [1.29, 1.82) is 0 Å². The molecule has 0 radical (unpaired) electrons. The second kappa shape index (κ2) is 2.53. The van der Waals surface area contributed by atoms with Crippen molar-refractivity contribution in [3.63, 3.8) is 0 Å². The average Bonchev–Trinajstić information content (AvgIpc) is 1.65. The van der Waals surface area contributed by atoms with E-state index in [4.69, 9.17) is 10.9 Å². The highest BCUT2D eigenvalue weighted by molar-refractivity contribution is 4.84. The van der Waals surface area contributed by atoms with Gasteiger partial charge in [0.2, 0.25) is 0 Å². The number of nitrogens with one attached hydrogen (secondary N) is 1. The van der Waals surface area contributed by atoms with Crippen LogP contribution in [0, 0.1) is 0 Å². The van der Waals surface area contributed by atoms with Crippen molar-refractivity contribution in [2.24, 2.45) is 5.84 Å². The molecule has 6 heavy (non-hydrogen) atoms. The molecule has 0 unspecified atom stereocenters. The number of rotatable bonds is 1. The van der Waals surface area contributed by atoms with Crippen LogP contribution in [0.25, 0.3) is 0 Å². The third-order valence-corrected chi connectivity index (χ3v) is 0.421. The molecule has 3 heteroatoms. The number of aliphatic hydroxyl groups excluding tert-OH is 1. The molecule has 0 aliphatic heterocycles. The van der Waals surface area contributed by atoms with Crippen LogP contribution in [0.4, 0.5) is 0 Å². The summed E-state index contributed by atoms with van der Waals surface area (Å²) in [7, 11) is 0. The lowest BCUT2D eigenvalue weighted by Crippen LogP contribution is -2.18.